The SMILES string of the molecule is CC(C)CNCC1(CC2CC3CCC2C3)CCCC1. The van der Waals surface area contributed by atoms with Gasteiger partial charge >= 0.3 is 0 Å². The molecule has 3 rings (SSSR count). The van der Waals surface area contributed by atoms with Crippen molar-refractivity contribution in [3.8, 4) is 0 Å². The highest BCUT2D eigenvalue weighted by molar-refractivity contribution is 4.96. The molecule has 3 aliphatic rings. The standard InChI is InChI=1S/C18H33N/c1-14(2)12-19-13-18(7-3-4-8-18)11-17-10-15-5-6-16(17)9-15/h14-17,19H,3-13H2,1-2H3. The molecule has 3 saturated carbocycles. The lowest BCUT2D eigenvalue weighted by Crippen LogP contribution is -2.36. The molecule has 0 spiro atoms. The Labute approximate surface area is 119 Å². The second-order valence-corrected chi connectivity index (χ2v) is 8.37. The summed E-state index contributed by atoms with van der Waals surface area (Å²) in [4.78, 5) is 0. The average molecular weight is 263 g/mol. The molecule has 3 fully saturated rings. The zero-order valence-electron chi connectivity index (χ0n) is 13.1. The Morgan fingerprint density at radius 3 is 2.47 bits per heavy atom. The van der Waals surface area contributed by atoms with Gasteiger partial charge in [0.05, 0.1) is 0 Å². The van der Waals surface area contributed by atoms with Crippen molar-refractivity contribution in [2.24, 2.45) is 29.1 Å². The molecular weight excluding hydrogens is 230 g/mol. The molecule has 19 heavy (non-hydrogen) atoms. The van der Waals surface area contributed by atoms with Crippen molar-refractivity contribution in [1.82, 2.24) is 5.32 Å². The van der Waals surface area contributed by atoms with E-state index in [0.717, 1.165) is 23.7 Å². The second kappa shape index (κ2) is 5.76. The van der Waals surface area contributed by atoms with E-state index in [1.807, 2.05) is 0 Å². The van der Waals surface area contributed by atoms with E-state index in [-0.39, 0.29) is 0 Å². The number of hydrogen-bond acceptors (Lipinski definition) is 1. The summed E-state index contributed by atoms with van der Waals surface area (Å²) in [5, 5.41) is 3.79. The van der Waals surface area contributed by atoms with E-state index in [4.69, 9.17) is 0 Å². The van der Waals surface area contributed by atoms with Gasteiger partial charge in [-0.25, -0.2) is 0 Å². The molecule has 3 aliphatic carbocycles. The third-order valence-electron chi connectivity index (χ3n) is 6.30. The fourth-order valence-corrected chi connectivity index (χ4v) is 5.39. The summed E-state index contributed by atoms with van der Waals surface area (Å²) in [7, 11) is 0. The Kier molecular flexibility index (Phi) is 4.22. The molecule has 3 atom stereocenters. The van der Waals surface area contributed by atoms with Crippen molar-refractivity contribution in [3.63, 3.8) is 0 Å². The van der Waals surface area contributed by atoms with E-state index in [1.54, 1.807) is 32.1 Å². The van der Waals surface area contributed by atoms with Crippen molar-refractivity contribution >= 4 is 0 Å². The first kappa shape index (κ1) is 13.9. The summed E-state index contributed by atoms with van der Waals surface area (Å²) in [6.45, 7) is 7.16. The molecule has 3 unspecified atom stereocenters. The van der Waals surface area contributed by atoms with Crippen LogP contribution in [0.1, 0.15) is 71.6 Å². The first-order valence-electron chi connectivity index (χ1n) is 8.88. The molecule has 1 N–H and O–H groups in total. The van der Waals surface area contributed by atoms with Gasteiger partial charge < -0.3 is 5.32 Å². The predicted octanol–water partition coefficient (Wildman–Crippen LogP) is 4.62. The number of fused-ring (bicyclic) bond motifs is 2. The molecule has 0 aromatic carbocycles. The highest BCUT2D eigenvalue weighted by Gasteiger charge is 2.44. The number of hydrogen-bond donors (Lipinski definition) is 1. The lowest BCUT2D eigenvalue weighted by Gasteiger charge is -2.35. The van der Waals surface area contributed by atoms with Gasteiger partial charge in [0.15, 0.2) is 0 Å². The summed E-state index contributed by atoms with van der Waals surface area (Å²) >= 11 is 0. The van der Waals surface area contributed by atoms with Crippen LogP contribution in [0.15, 0.2) is 0 Å². The van der Waals surface area contributed by atoms with Gasteiger partial charge in [-0.1, -0.05) is 33.1 Å². The minimum Gasteiger partial charge on any atom is -0.316 e. The van der Waals surface area contributed by atoms with Crippen LogP contribution in [-0.4, -0.2) is 13.1 Å². The lowest BCUT2D eigenvalue weighted by atomic mass is 9.73. The monoisotopic (exact) mass is 263 g/mol. The summed E-state index contributed by atoms with van der Waals surface area (Å²) in [6, 6.07) is 0. The van der Waals surface area contributed by atoms with Crippen LogP contribution in [0.25, 0.3) is 0 Å². The lowest BCUT2D eigenvalue weighted by molar-refractivity contribution is 0.170. The van der Waals surface area contributed by atoms with Gasteiger partial charge in [0, 0.05) is 6.54 Å². The summed E-state index contributed by atoms with van der Waals surface area (Å²) in [6.07, 6.45) is 13.8. The zero-order valence-corrected chi connectivity index (χ0v) is 13.1. The maximum Gasteiger partial charge on any atom is 0.000802 e. The summed E-state index contributed by atoms with van der Waals surface area (Å²) in [5.41, 5.74) is 0.685. The van der Waals surface area contributed by atoms with Crippen molar-refractivity contribution in [3.05, 3.63) is 0 Å². The zero-order chi connectivity index (χ0) is 13.3. The van der Waals surface area contributed by atoms with Crippen LogP contribution in [0.2, 0.25) is 0 Å². The Bertz CT molecular complexity index is 290. The number of nitrogens with one attached hydrogen (secondary N) is 1. The van der Waals surface area contributed by atoms with E-state index in [9.17, 15) is 0 Å². The van der Waals surface area contributed by atoms with Crippen LogP contribution >= 0.6 is 0 Å². The average Bonchev–Trinajstić information content (AvgIpc) is 3.05. The van der Waals surface area contributed by atoms with Crippen molar-refractivity contribution in [1.29, 1.82) is 0 Å². The smallest absolute Gasteiger partial charge is 0.000802 e. The molecule has 110 valence electrons. The Hall–Kier alpha value is -0.0400. The molecule has 0 saturated heterocycles. The molecule has 2 bridgehead atoms. The molecule has 0 amide bonds. The highest BCUT2D eigenvalue weighted by atomic mass is 14.9. The molecule has 1 nitrogen and oxygen atoms in total. The Balaban J connectivity index is 1.54. The van der Waals surface area contributed by atoms with Crippen LogP contribution in [-0.2, 0) is 0 Å². The Morgan fingerprint density at radius 1 is 1.11 bits per heavy atom. The normalized spacial score (nSPS) is 36.5. The van der Waals surface area contributed by atoms with Crippen LogP contribution in [0, 0.1) is 29.1 Å². The number of rotatable bonds is 6. The van der Waals surface area contributed by atoms with E-state index >= 15 is 0 Å². The highest BCUT2D eigenvalue weighted by Crippen LogP contribution is 2.54. The summed E-state index contributed by atoms with van der Waals surface area (Å²) in [5.74, 6) is 4.13. The van der Waals surface area contributed by atoms with Gasteiger partial charge in [0.2, 0.25) is 0 Å². The van der Waals surface area contributed by atoms with Crippen LogP contribution in [0.4, 0.5) is 0 Å². The van der Waals surface area contributed by atoms with Crippen molar-refractivity contribution in [2.75, 3.05) is 13.1 Å². The van der Waals surface area contributed by atoms with E-state index in [1.165, 1.54) is 38.8 Å². The van der Waals surface area contributed by atoms with Crippen molar-refractivity contribution in [2.45, 2.75) is 71.6 Å². The molecular formula is C18H33N. The third-order valence-corrected chi connectivity index (χ3v) is 6.30. The van der Waals surface area contributed by atoms with Crippen molar-refractivity contribution < 1.29 is 0 Å². The molecule has 0 aromatic rings. The molecule has 1 heteroatoms. The predicted molar refractivity (Wildman–Crippen MR) is 82.2 cm³/mol. The minimum absolute atomic E-state index is 0.685. The quantitative estimate of drug-likeness (QED) is 0.737. The van der Waals surface area contributed by atoms with Gasteiger partial charge in [0.25, 0.3) is 0 Å². The Morgan fingerprint density at radius 2 is 1.89 bits per heavy atom. The van der Waals surface area contributed by atoms with Crippen LogP contribution in [0.3, 0.4) is 0 Å². The van der Waals surface area contributed by atoms with Gasteiger partial charge in [-0.2, -0.15) is 0 Å². The molecule has 0 aromatic heterocycles. The maximum atomic E-state index is 3.79. The van der Waals surface area contributed by atoms with Gasteiger partial charge in [0.1, 0.15) is 0 Å². The third kappa shape index (κ3) is 3.17. The maximum absolute atomic E-state index is 3.79. The van der Waals surface area contributed by atoms with E-state index in [0.29, 0.717) is 5.41 Å². The van der Waals surface area contributed by atoms with E-state index < -0.39 is 0 Å². The minimum atomic E-state index is 0.685. The topological polar surface area (TPSA) is 12.0 Å². The summed E-state index contributed by atoms with van der Waals surface area (Å²) < 4.78 is 0. The van der Waals surface area contributed by atoms with Crippen LogP contribution in [0.5, 0.6) is 0 Å². The van der Waals surface area contributed by atoms with Gasteiger partial charge in [-0.15, -0.1) is 0 Å². The van der Waals surface area contributed by atoms with E-state index in [2.05, 4.69) is 19.2 Å². The molecule has 0 aliphatic heterocycles. The fraction of sp³-hybridized carbons (Fsp3) is 1.00. The first-order valence-corrected chi connectivity index (χ1v) is 8.88. The molecule has 0 radical (unpaired) electrons. The van der Waals surface area contributed by atoms with Gasteiger partial charge in [-0.05, 0) is 74.2 Å². The fourth-order valence-electron chi connectivity index (χ4n) is 5.39. The first-order chi connectivity index (χ1) is 9.17. The largest absolute Gasteiger partial charge is 0.316 e. The second-order valence-electron chi connectivity index (χ2n) is 8.37. The molecule has 0 heterocycles. The van der Waals surface area contributed by atoms with Crippen LogP contribution < -0.4 is 5.32 Å². The van der Waals surface area contributed by atoms with Gasteiger partial charge in [-0.3, -0.25) is 0 Å².